The Morgan fingerprint density at radius 2 is 1.85 bits per heavy atom. The molecule has 292 valence electrons. The zero-order valence-electron chi connectivity index (χ0n) is 31.3. The first kappa shape index (κ1) is 39.2. The number of benzene rings is 1. The standard InChI is InChI=1S/C39H46N6O9S/c1-7-22-17-39(22,36(49)50)44-34(47)29-15-24(18-45(29)35(48)32(20(3)4)43-38(51)54-23-11-9-10-12-23)53-31-16-27(28-19-55-37(42-28)40-21(5)46)41-33-25(8-2)30(52-6)14-13-26(31)33/h7,13-14,16,19,22-24,29,32H,1,3,8-12,15,17-18H2,2,4-6H3,(H,43,51)(H,44,47)(H,49,50)(H,40,42,46)/t22-,24-,29+,32+,39-/m1/s1. The van der Waals surface area contributed by atoms with Crippen molar-refractivity contribution in [1.29, 1.82) is 0 Å². The maximum atomic E-state index is 14.4. The van der Waals surface area contributed by atoms with Gasteiger partial charge >= 0.3 is 12.1 Å². The molecule has 3 heterocycles. The lowest BCUT2D eigenvalue weighted by Gasteiger charge is -2.29. The molecule has 1 aromatic carbocycles. The van der Waals surface area contributed by atoms with E-state index in [1.165, 1.54) is 29.2 Å². The Kier molecular flexibility index (Phi) is 11.5. The van der Waals surface area contributed by atoms with E-state index in [0.29, 0.717) is 50.9 Å². The molecule has 0 radical (unpaired) electrons. The first-order chi connectivity index (χ1) is 26.3. The van der Waals surface area contributed by atoms with Gasteiger partial charge in [0.05, 0.1) is 24.9 Å². The van der Waals surface area contributed by atoms with Crippen molar-refractivity contribution in [1.82, 2.24) is 25.5 Å². The molecule has 15 nitrogen and oxygen atoms in total. The number of carbonyl (C=O) groups is 5. The van der Waals surface area contributed by atoms with E-state index in [1.54, 1.807) is 25.5 Å². The Balaban J connectivity index is 1.35. The Morgan fingerprint density at radius 3 is 2.47 bits per heavy atom. The number of thiazole rings is 1. The Hall–Kier alpha value is -5.51. The number of carboxylic acid groups (broad SMARTS) is 1. The number of methoxy groups -OCH3 is 1. The molecule has 5 atom stereocenters. The van der Waals surface area contributed by atoms with Crippen molar-refractivity contribution in [2.45, 2.75) is 95.5 Å². The van der Waals surface area contributed by atoms with Gasteiger partial charge in [0.2, 0.25) is 17.7 Å². The van der Waals surface area contributed by atoms with E-state index in [9.17, 15) is 29.1 Å². The van der Waals surface area contributed by atoms with Crippen molar-refractivity contribution in [3.63, 3.8) is 0 Å². The van der Waals surface area contributed by atoms with Gasteiger partial charge in [-0.05, 0) is 63.2 Å². The molecule has 0 bridgehead atoms. The Bertz CT molecular complexity index is 2040. The van der Waals surface area contributed by atoms with Gasteiger partial charge in [-0.25, -0.2) is 19.6 Å². The van der Waals surface area contributed by atoms with Crippen LogP contribution in [0.3, 0.4) is 0 Å². The maximum Gasteiger partial charge on any atom is 0.408 e. The maximum absolute atomic E-state index is 14.4. The fraction of sp³-hybridized carbons (Fsp3) is 0.462. The predicted octanol–water partition coefficient (Wildman–Crippen LogP) is 5.00. The Morgan fingerprint density at radius 1 is 1.11 bits per heavy atom. The third-order valence-corrected chi connectivity index (χ3v) is 11.1. The molecule has 0 spiro atoms. The van der Waals surface area contributed by atoms with E-state index in [0.717, 1.165) is 31.2 Å². The van der Waals surface area contributed by atoms with Crippen molar-refractivity contribution in [2.24, 2.45) is 5.92 Å². The first-order valence-electron chi connectivity index (χ1n) is 18.3. The summed E-state index contributed by atoms with van der Waals surface area (Å²) in [7, 11) is 1.58. The largest absolute Gasteiger partial charge is 0.496 e. The van der Waals surface area contributed by atoms with Crippen LogP contribution >= 0.6 is 11.3 Å². The molecule has 4 amide bonds. The zero-order chi connectivity index (χ0) is 39.6. The molecule has 16 heteroatoms. The highest BCUT2D eigenvalue weighted by atomic mass is 32.1. The number of nitrogens with one attached hydrogen (secondary N) is 3. The number of aromatic nitrogens is 2. The molecule has 1 aliphatic heterocycles. The SMILES string of the molecule is C=C[C@@H]1C[C@]1(NC(=O)[C@@H]1C[C@@H](Oc2cc(-c3csc(NC(C)=O)n3)nc3c(CC)c(OC)ccc23)CN1C(=O)[C@@H](NC(=O)OC1CCCC1)C(=C)C)C(=O)O. The third-order valence-electron chi connectivity index (χ3n) is 10.4. The summed E-state index contributed by atoms with van der Waals surface area (Å²) in [6.07, 6.45) is 3.82. The van der Waals surface area contributed by atoms with Crippen LogP contribution < -0.4 is 25.4 Å². The van der Waals surface area contributed by atoms with Gasteiger partial charge in [0.1, 0.15) is 47.0 Å². The van der Waals surface area contributed by atoms with Gasteiger partial charge in [-0.2, -0.15) is 0 Å². The van der Waals surface area contributed by atoms with Crippen molar-refractivity contribution in [2.75, 3.05) is 19.0 Å². The summed E-state index contributed by atoms with van der Waals surface area (Å²) in [6, 6.07) is 2.97. The second-order valence-electron chi connectivity index (χ2n) is 14.3. The molecule has 2 aromatic heterocycles. The summed E-state index contributed by atoms with van der Waals surface area (Å²) < 4.78 is 17.9. The highest BCUT2D eigenvalue weighted by Crippen LogP contribution is 2.45. The molecule has 2 aliphatic carbocycles. The third kappa shape index (κ3) is 8.14. The first-order valence-corrected chi connectivity index (χ1v) is 19.2. The number of carbonyl (C=O) groups excluding carboxylic acids is 4. The van der Waals surface area contributed by atoms with Crippen LogP contribution in [0.4, 0.5) is 9.93 Å². The van der Waals surface area contributed by atoms with Gasteiger partial charge in [0, 0.05) is 41.7 Å². The second-order valence-corrected chi connectivity index (χ2v) is 15.1. The molecular formula is C39H46N6O9S. The lowest BCUT2D eigenvalue weighted by molar-refractivity contribution is -0.145. The molecule has 4 N–H and O–H groups in total. The number of rotatable bonds is 14. The summed E-state index contributed by atoms with van der Waals surface area (Å²) in [6.45, 7) is 12.5. The van der Waals surface area contributed by atoms with E-state index in [2.05, 4.69) is 34.1 Å². The number of aliphatic carboxylic acids is 1. The fourth-order valence-corrected chi connectivity index (χ4v) is 8.15. The minimum absolute atomic E-state index is 0.000773. The minimum Gasteiger partial charge on any atom is -0.496 e. The van der Waals surface area contributed by atoms with Crippen LogP contribution in [0.2, 0.25) is 0 Å². The normalized spacial score (nSPS) is 22.4. The number of fused-ring (bicyclic) bond motifs is 1. The molecular weight excluding hydrogens is 729 g/mol. The lowest BCUT2D eigenvalue weighted by atomic mass is 10.0. The lowest BCUT2D eigenvalue weighted by Crippen LogP contribution is -2.56. The number of alkyl carbamates (subject to hydrolysis) is 1. The summed E-state index contributed by atoms with van der Waals surface area (Å²) in [5.74, 6) is -2.21. The molecule has 6 rings (SSSR count). The predicted molar refractivity (Wildman–Crippen MR) is 205 cm³/mol. The summed E-state index contributed by atoms with van der Waals surface area (Å²) in [4.78, 5) is 76.2. The van der Waals surface area contributed by atoms with Gasteiger partial charge in [0.15, 0.2) is 5.13 Å². The van der Waals surface area contributed by atoms with Crippen molar-refractivity contribution in [3.8, 4) is 22.9 Å². The molecule has 0 unspecified atom stereocenters. The number of hydrogen-bond acceptors (Lipinski definition) is 11. The smallest absolute Gasteiger partial charge is 0.408 e. The molecule has 3 aliphatic rings. The van der Waals surface area contributed by atoms with Crippen LogP contribution in [-0.4, -0.2) is 93.2 Å². The average Bonchev–Trinajstić information content (AvgIpc) is 3.55. The number of pyridine rings is 1. The van der Waals surface area contributed by atoms with E-state index in [4.69, 9.17) is 19.2 Å². The van der Waals surface area contributed by atoms with Crippen molar-refractivity contribution >= 4 is 57.2 Å². The van der Waals surface area contributed by atoms with E-state index in [-0.39, 0.29) is 31.4 Å². The van der Waals surface area contributed by atoms with E-state index >= 15 is 0 Å². The van der Waals surface area contributed by atoms with Crippen molar-refractivity contribution < 1.29 is 43.3 Å². The molecule has 2 saturated carbocycles. The van der Waals surface area contributed by atoms with Gasteiger partial charge < -0.3 is 40.2 Å². The second kappa shape index (κ2) is 16.1. The number of carboxylic acids is 1. The van der Waals surface area contributed by atoms with Crippen LogP contribution in [0.1, 0.15) is 64.9 Å². The fourth-order valence-electron chi connectivity index (χ4n) is 7.40. The molecule has 3 aromatic rings. The number of ether oxygens (including phenoxy) is 3. The molecule has 3 fully saturated rings. The van der Waals surface area contributed by atoms with Crippen LogP contribution in [0.5, 0.6) is 11.5 Å². The quantitative estimate of drug-likeness (QED) is 0.161. The number of likely N-dealkylation sites (tertiary alicyclic amines) is 1. The number of aryl methyl sites for hydroxylation is 1. The van der Waals surface area contributed by atoms with Crippen LogP contribution in [0, 0.1) is 5.92 Å². The highest BCUT2D eigenvalue weighted by Gasteiger charge is 2.61. The van der Waals surface area contributed by atoms with Crippen LogP contribution in [0.25, 0.3) is 22.3 Å². The topological polar surface area (TPSA) is 198 Å². The number of amides is 4. The molecule has 1 saturated heterocycles. The van der Waals surface area contributed by atoms with Crippen LogP contribution in [-0.2, 0) is 30.3 Å². The van der Waals surface area contributed by atoms with Gasteiger partial charge in [-0.3, -0.25) is 14.4 Å². The summed E-state index contributed by atoms with van der Waals surface area (Å²) >= 11 is 1.24. The molecule has 55 heavy (non-hydrogen) atoms. The van der Waals surface area contributed by atoms with Crippen LogP contribution in [0.15, 0.2) is 48.4 Å². The zero-order valence-corrected chi connectivity index (χ0v) is 32.1. The van der Waals surface area contributed by atoms with E-state index in [1.807, 2.05) is 19.1 Å². The van der Waals surface area contributed by atoms with Gasteiger partial charge in [0.25, 0.3) is 0 Å². The van der Waals surface area contributed by atoms with E-state index < -0.39 is 53.5 Å². The summed E-state index contributed by atoms with van der Waals surface area (Å²) in [5.41, 5.74) is 1.15. The van der Waals surface area contributed by atoms with Crippen molar-refractivity contribution in [3.05, 3.63) is 53.9 Å². The van der Waals surface area contributed by atoms with Gasteiger partial charge in [-0.1, -0.05) is 19.6 Å². The summed E-state index contributed by atoms with van der Waals surface area (Å²) in [5, 5.41) is 20.9. The monoisotopic (exact) mass is 774 g/mol. The average molecular weight is 775 g/mol. The number of nitrogens with zero attached hydrogens (tertiary/aromatic N) is 3. The Labute approximate surface area is 322 Å². The number of hydrogen-bond donors (Lipinski definition) is 4. The number of anilines is 1. The highest BCUT2D eigenvalue weighted by molar-refractivity contribution is 7.14. The van der Waals surface area contributed by atoms with Gasteiger partial charge in [-0.15, -0.1) is 17.9 Å². The minimum atomic E-state index is -1.54.